The molecule has 0 radical (unpaired) electrons. The molecule has 18 heavy (non-hydrogen) atoms. The van der Waals surface area contributed by atoms with Gasteiger partial charge in [-0.05, 0) is 19.9 Å². The first-order valence-electron chi connectivity index (χ1n) is 5.88. The number of carbonyl (C=O) groups excluding carboxylic acids is 1. The van der Waals surface area contributed by atoms with Crippen molar-refractivity contribution < 1.29 is 9.53 Å². The summed E-state index contributed by atoms with van der Waals surface area (Å²) < 4.78 is 5.40. The van der Waals surface area contributed by atoms with E-state index < -0.39 is 5.60 Å². The molecule has 0 bridgehead atoms. The zero-order chi connectivity index (χ0) is 12.8. The summed E-state index contributed by atoms with van der Waals surface area (Å²) in [6.45, 7) is 3.79. The first kappa shape index (κ1) is 11.0. The van der Waals surface area contributed by atoms with Crippen molar-refractivity contribution >= 4 is 5.97 Å². The molecule has 2 aromatic rings. The van der Waals surface area contributed by atoms with Crippen molar-refractivity contribution in [1.29, 1.82) is 0 Å². The number of rotatable bonds is 1. The molecule has 0 aliphatic carbocycles. The fourth-order valence-electron chi connectivity index (χ4n) is 2.32. The fourth-order valence-corrected chi connectivity index (χ4v) is 2.32. The average Bonchev–Trinajstić information content (AvgIpc) is 2.61. The second-order valence-electron chi connectivity index (χ2n) is 4.85. The maximum absolute atomic E-state index is 12.0. The van der Waals surface area contributed by atoms with Gasteiger partial charge >= 0.3 is 5.97 Å². The molecule has 1 aliphatic rings. The number of cyclic esters (lactones) is 1. The molecule has 3 heteroatoms. The maximum Gasteiger partial charge on any atom is 0.341 e. The summed E-state index contributed by atoms with van der Waals surface area (Å²) in [7, 11) is 0. The lowest BCUT2D eigenvalue weighted by Gasteiger charge is -2.17. The van der Waals surface area contributed by atoms with Crippen LogP contribution in [-0.4, -0.2) is 11.0 Å². The first-order valence-corrected chi connectivity index (χ1v) is 5.88. The second kappa shape index (κ2) is 3.67. The van der Waals surface area contributed by atoms with Crippen molar-refractivity contribution in [3.05, 3.63) is 53.7 Å². The predicted molar refractivity (Wildman–Crippen MR) is 68.1 cm³/mol. The van der Waals surface area contributed by atoms with Gasteiger partial charge in [0.05, 0.1) is 11.3 Å². The molecular weight excluding hydrogens is 226 g/mol. The van der Waals surface area contributed by atoms with Crippen LogP contribution in [0.1, 0.15) is 29.8 Å². The Labute approximate surface area is 105 Å². The Kier molecular flexibility index (Phi) is 2.23. The lowest BCUT2D eigenvalue weighted by molar-refractivity contribution is 0.00957. The highest BCUT2D eigenvalue weighted by molar-refractivity contribution is 6.00. The van der Waals surface area contributed by atoms with Crippen LogP contribution >= 0.6 is 0 Å². The molecule has 2 heterocycles. The number of hydrogen-bond acceptors (Lipinski definition) is 3. The molecule has 0 atom stereocenters. The van der Waals surface area contributed by atoms with E-state index in [2.05, 4.69) is 4.98 Å². The van der Waals surface area contributed by atoms with E-state index in [1.165, 1.54) is 0 Å². The molecule has 1 aromatic heterocycles. The van der Waals surface area contributed by atoms with E-state index in [1.807, 2.05) is 50.2 Å². The van der Waals surface area contributed by atoms with Gasteiger partial charge in [0.25, 0.3) is 0 Å². The van der Waals surface area contributed by atoms with E-state index in [-0.39, 0.29) is 5.97 Å². The minimum absolute atomic E-state index is 0.290. The number of ether oxygens (including phenoxy) is 1. The van der Waals surface area contributed by atoms with Gasteiger partial charge in [-0.25, -0.2) is 4.79 Å². The summed E-state index contributed by atoms with van der Waals surface area (Å²) in [5.41, 5.74) is 2.56. The molecule has 0 amide bonds. The van der Waals surface area contributed by atoms with Gasteiger partial charge in [0, 0.05) is 17.3 Å². The smallest absolute Gasteiger partial charge is 0.341 e. The van der Waals surface area contributed by atoms with Gasteiger partial charge in [0.1, 0.15) is 5.60 Å². The Morgan fingerprint density at radius 1 is 1.11 bits per heavy atom. The van der Waals surface area contributed by atoms with Crippen LogP contribution in [0.3, 0.4) is 0 Å². The second-order valence-corrected chi connectivity index (χ2v) is 4.85. The van der Waals surface area contributed by atoms with E-state index in [4.69, 9.17) is 4.74 Å². The molecule has 3 nitrogen and oxygen atoms in total. The monoisotopic (exact) mass is 239 g/mol. The van der Waals surface area contributed by atoms with E-state index in [1.54, 1.807) is 6.20 Å². The Bertz CT molecular complexity index is 618. The van der Waals surface area contributed by atoms with Crippen LogP contribution in [0.4, 0.5) is 0 Å². The zero-order valence-electron chi connectivity index (χ0n) is 10.3. The van der Waals surface area contributed by atoms with Gasteiger partial charge < -0.3 is 4.74 Å². The standard InChI is InChI=1S/C15H13NO2/c1-15(2)11-8-9-16-13(12(11)14(17)18-15)10-6-4-3-5-7-10/h3-9H,1-2H3. The molecular formula is C15H13NO2. The van der Waals surface area contributed by atoms with Crippen LogP contribution < -0.4 is 0 Å². The molecule has 90 valence electrons. The molecule has 0 saturated carbocycles. The summed E-state index contributed by atoms with van der Waals surface area (Å²) >= 11 is 0. The summed E-state index contributed by atoms with van der Waals surface area (Å²) in [6.07, 6.45) is 1.73. The number of pyridine rings is 1. The van der Waals surface area contributed by atoms with Gasteiger partial charge in [-0.15, -0.1) is 0 Å². The Balaban J connectivity index is 2.26. The van der Waals surface area contributed by atoms with Crippen molar-refractivity contribution in [3.63, 3.8) is 0 Å². The number of fused-ring (bicyclic) bond motifs is 1. The third-order valence-electron chi connectivity index (χ3n) is 3.20. The molecule has 1 aromatic carbocycles. The van der Waals surface area contributed by atoms with Crippen molar-refractivity contribution in [2.75, 3.05) is 0 Å². The summed E-state index contributed by atoms with van der Waals surface area (Å²) in [5.74, 6) is -0.290. The van der Waals surface area contributed by atoms with E-state index in [0.717, 1.165) is 11.1 Å². The van der Waals surface area contributed by atoms with Crippen LogP contribution in [-0.2, 0) is 10.3 Å². The highest BCUT2D eigenvalue weighted by Gasteiger charge is 2.39. The van der Waals surface area contributed by atoms with Gasteiger partial charge in [-0.1, -0.05) is 30.3 Å². The number of esters is 1. The van der Waals surface area contributed by atoms with E-state index in [0.29, 0.717) is 11.3 Å². The summed E-state index contributed by atoms with van der Waals surface area (Å²) in [5, 5.41) is 0. The van der Waals surface area contributed by atoms with Crippen molar-refractivity contribution in [1.82, 2.24) is 4.98 Å². The lowest BCUT2D eigenvalue weighted by Crippen LogP contribution is -2.15. The highest BCUT2D eigenvalue weighted by atomic mass is 16.6. The third kappa shape index (κ3) is 1.51. The van der Waals surface area contributed by atoms with Crippen molar-refractivity contribution in [2.24, 2.45) is 0 Å². The minimum Gasteiger partial charge on any atom is -0.451 e. The first-order chi connectivity index (χ1) is 8.59. The van der Waals surface area contributed by atoms with Crippen LogP contribution in [0.2, 0.25) is 0 Å². The molecule has 1 aliphatic heterocycles. The van der Waals surface area contributed by atoms with Crippen molar-refractivity contribution in [3.8, 4) is 11.3 Å². The van der Waals surface area contributed by atoms with Crippen molar-refractivity contribution in [2.45, 2.75) is 19.4 Å². The highest BCUT2D eigenvalue weighted by Crippen LogP contribution is 2.39. The minimum atomic E-state index is -0.571. The van der Waals surface area contributed by atoms with Crippen LogP contribution in [0.5, 0.6) is 0 Å². The van der Waals surface area contributed by atoms with Gasteiger partial charge in [-0.3, -0.25) is 4.98 Å². The average molecular weight is 239 g/mol. The third-order valence-corrected chi connectivity index (χ3v) is 3.20. The SMILES string of the molecule is CC1(C)OC(=O)c2c1ccnc2-c1ccccc1. The van der Waals surface area contributed by atoms with E-state index in [9.17, 15) is 4.79 Å². The normalized spacial score (nSPS) is 16.2. The van der Waals surface area contributed by atoms with Crippen LogP contribution in [0.25, 0.3) is 11.3 Å². The number of hydrogen-bond donors (Lipinski definition) is 0. The summed E-state index contributed by atoms with van der Waals surface area (Å²) in [4.78, 5) is 16.3. The molecule has 0 N–H and O–H groups in total. The molecule has 0 unspecified atom stereocenters. The quantitative estimate of drug-likeness (QED) is 0.717. The molecule has 0 fully saturated rings. The van der Waals surface area contributed by atoms with E-state index >= 15 is 0 Å². The number of carbonyl (C=O) groups is 1. The Hall–Kier alpha value is -2.16. The van der Waals surface area contributed by atoms with Crippen LogP contribution in [0.15, 0.2) is 42.6 Å². The number of aromatic nitrogens is 1. The number of benzene rings is 1. The topological polar surface area (TPSA) is 39.2 Å². The lowest BCUT2D eigenvalue weighted by atomic mass is 9.94. The van der Waals surface area contributed by atoms with Gasteiger partial charge in [0.2, 0.25) is 0 Å². The van der Waals surface area contributed by atoms with Crippen LogP contribution in [0, 0.1) is 0 Å². The Morgan fingerprint density at radius 2 is 1.83 bits per heavy atom. The van der Waals surface area contributed by atoms with Gasteiger partial charge in [-0.2, -0.15) is 0 Å². The largest absolute Gasteiger partial charge is 0.451 e. The fraction of sp³-hybridized carbons (Fsp3) is 0.200. The molecule has 0 spiro atoms. The maximum atomic E-state index is 12.0. The predicted octanol–water partition coefficient (Wildman–Crippen LogP) is 3.15. The molecule has 3 rings (SSSR count). The zero-order valence-corrected chi connectivity index (χ0v) is 10.3. The Morgan fingerprint density at radius 3 is 2.56 bits per heavy atom. The summed E-state index contributed by atoms with van der Waals surface area (Å²) in [6, 6.07) is 11.5. The van der Waals surface area contributed by atoms with Gasteiger partial charge in [0.15, 0.2) is 0 Å². The molecule has 0 saturated heterocycles. The number of nitrogens with zero attached hydrogens (tertiary/aromatic N) is 1.